The highest BCUT2D eigenvalue weighted by Crippen LogP contribution is 2.34. The number of likely N-dealkylation sites (N-methyl/N-ethyl adjacent to an activating group) is 1. The molecule has 1 saturated heterocycles. The van der Waals surface area contributed by atoms with E-state index in [1.807, 2.05) is 11.3 Å². The summed E-state index contributed by atoms with van der Waals surface area (Å²) in [7, 11) is 2.08. The molecule has 128 valence electrons. The van der Waals surface area contributed by atoms with Crippen molar-refractivity contribution >= 4 is 36.2 Å². The fourth-order valence-electron chi connectivity index (χ4n) is 3.60. The zero-order valence-electron chi connectivity index (χ0n) is 13.4. The Morgan fingerprint density at radius 3 is 2.68 bits per heavy atom. The second kappa shape index (κ2) is 10.1. The van der Waals surface area contributed by atoms with Crippen LogP contribution in [0.15, 0.2) is 5.38 Å². The molecule has 1 saturated carbocycles. The third-order valence-electron chi connectivity index (χ3n) is 4.82. The Morgan fingerprint density at radius 2 is 1.95 bits per heavy atom. The number of thiazole rings is 1. The van der Waals surface area contributed by atoms with Crippen molar-refractivity contribution in [1.82, 2.24) is 15.2 Å². The lowest BCUT2D eigenvalue weighted by molar-refractivity contribution is 0.186. The van der Waals surface area contributed by atoms with E-state index in [2.05, 4.69) is 22.6 Å². The molecular weight excluding hydrogens is 337 g/mol. The van der Waals surface area contributed by atoms with Crippen molar-refractivity contribution in [2.45, 2.75) is 63.5 Å². The van der Waals surface area contributed by atoms with Crippen LogP contribution < -0.4 is 5.32 Å². The van der Waals surface area contributed by atoms with E-state index in [1.165, 1.54) is 68.7 Å². The Balaban J connectivity index is 0.00000121. The number of hydrogen-bond donors (Lipinski definition) is 1. The third-order valence-corrected chi connectivity index (χ3v) is 5.88. The molecule has 0 bridgehead atoms. The summed E-state index contributed by atoms with van der Waals surface area (Å²) in [6.07, 6.45) is 9.57. The van der Waals surface area contributed by atoms with Gasteiger partial charge in [-0.3, -0.25) is 4.90 Å². The molecule has 3 nitrogen and oxygen atoms in total. The van der Waals surface area contributed by atoms with Crippen LogP contribution in [-0.2, 0) is 6.54 Å². The number of rotatable bonds is 4. The van der Waals surface area contributed by atoms with Gasteiger partial charge in [-0.05, 0) is 39.3 Å². The van der Waals surface area contributed by atoms with E-state index in [0.717, 1.165) is 12.5 Å². The van der Waals surface area contributed by atoms with E-state index < -0.39 is 0 Å². The predicted octanol–water partition coefficient (Wildman–Crippen LogP) is 4.22. The molecule has 1 aliphatic carbocycles. The van der Waals surface area contributed by atoms with Gasteiger partial charge >= 0.3 is 0 Å². The molecule has 22 heavy (non-hydrogen) atoms. The van der Waals surface area contributed by atoms with E-state index in [1.54, 1.807) is 0 Å². The van der Waals surface area contributed by atoms with Gasteiger partial charge in [0.25, 0.3) is 0 Å². The molecule has 0 amide bonds. The van der Waals surface area contributed by atoms with E-state index in [0.29, 0.717) is 6.04 Å². The highest BCUT2D eigenvalue weighted by Gasteiger charge is 2.21. The van der Waals surface area contributed by atoms with Crippen LogP contribution in [0.1, 0.15) is 61.6 Å². The minimum atomic E-state index is 0. The highest BCUT2D eigenvalue weighted by molar-refractivity contribution is 7.09. The van der Waals surface area contributed by atoms with Gasteiger partial charge in [-0.15, -0.1) is 36.2 Å². The number of nitrogens with zero attached hydrogens (tertiary/aromatic N) is 2. The van der Waals surface area contributed by atoms with E-state index in [4.69, 9.17) is 4.98 Å². The second-order valence-electron chi connectivity index (χ2n) is 6.37. The monoisotopic (exact) mass is 365 g/mol. The van der Waals surface area contributed by atoms with Crippen LogP contribution in [0.25, 0.3) is 0 Å². The van der Waals surface area contributed by atoms with E-state index in [9.17, 15) is 0 Å². The van der Waals surface area contributed by atoms with Gasteiger partial charge in [-0.2, -0.15) is 0 Å². The average molecular weight is 366 g/mol. The lowest BCUT2D eigenvalue weighted by atomic mass is 9.90. The zero-order valence-corrected chi connectivity index (χ0v) is 15.9. The summed E-state index contributed by atoms with van der Waals surface area (Å²) in [5, 5.41) is 7.12. The van der Waals surface area contributed by atoms with Gasteiger partial charge in [-0.1, -0.05) is 19.3 Å². The highest BCUT2D eigenvalue weighted by atomic mass is 35.5. The van der Waals surface area contributed by atoms with Crippen molar-refractivity contribution in [2.24, 2.45) is 0 Å². The van der Waals surface area contributed by atoms with Gasteiger partial charge in [0.2, 0.25) is 0 Å². The molecule has 6 heteroatoms. The maximum Gasteiger partial charge on any atom is 0.0959 e. The summed E-state index contributed by atoms with van der Waals surface area (Å²) < 4.78 is 0. The first-order chi connectivity index (χ1) is 9.85. The van der Waals surface area contributed by atoms with Crippen molar-refractivity contribution in [3.8, 4) is 0 Å². The van der Waals surface area contributed by atoms with Gasteiger partial charge in [-0.25, -0.2) is 4.98 Å². The number of aromatic nitrogens is 1. The molecule has 0 spiro atoms. The minimum absolute atomic E-state index is 0. The summed E-state index contributed by atoms with van der Waals surface area (Å²) in [5.74, 6) is 0.758. The largest absolute Gasteiger partial charge is 0.316 e. The molecule has 1 aromatic heterocycles. The predicted molar refractivity (Wildman–Crippen MR) is 99.8 cm³/mol. The molecule has 1 atom stereocenters. The average Bonchev–Trinajstić information content (AvgIpc) is 2.97. The lowest BCUT2D eigenvalue weighted by Gasteiger charge is -2.31. The van der Waals surface area contributed by atoms with Gasteiger partial charge in [0, 0.05) is 30.4 Å². The molecule has 2 heterocycles. The number of likely N-dealkylation sites (tertiary alicyclic amines) is 1. The molecule has 1 unspecified atom stereocenters. The second-order valence-corrected chi connectivity index (χ2v) is 7.26. The molecule has 2 aliphatic rings. The van der Waals surface area contributed by atoms with Crippen molar-refractivity contribution < 1.29 is 0 Å². The van der Waals surface area contributed by atoms with Crippen molar-refractivity contribution in [2.75, 3.05) is 20.1 Å². The smallest absolute Gasteiger partial charge is 0.0959 e. The standard InChI is InChI=1S/C16H27N3S.2ClH/c1-17-14-8-5-9-19(10-14)11-15-12-20-16(18-15)13-6-3-2-4-7-13;;/h12-14,17H,2-11H2,1H3;2*1H. The quantitative estimate of drug-likeness (QED) is 0.865. The first kappa shape index (κ1) is 20.2. The lowest BCUT2D eigenvalue weighted by Crippen LogP contribution is -2.43. The summed E-state index contributed by atoms with van der Waals surface area (Å²) in [6.45, 7) is 3.45. The van der Waals surface area contributed by atoms with Crippen LogP contribution in [0.4, 0.5) is 0 Å². The van der Waals surface area contributed by atoms with Crippen molar-refractivity contribution in [3.05, 3.63) is 16.1 Å². The summed E-state index contributed by atoms with van der Waals surface area (Å²) in [5.41, 5.74) is 1.30. The molecule has 3 rings (SSSR count). The normalized spacial score (nSPS) is 23.6. The molecule has 0 radical (unpaired) electrons. The number of nitrogens with one attached hydrogen (secondary N) is 1. The van der Waals surface area contributed by atoms with Crippen molar-refractivity contribution in [1.29, 1.82) is 0 Å². The summed E-state index contributed by atoms with van der Waals surface area (Å²) >= 11 is 1.90. The number of hydrogen-bond acceptors (Lipinski definition) is 4. The number of halogens is 2. The summed E-state index contributed by atoms with van der Waals surface area (Å²) in [4.78, 5) is 7.50. The van der Waals surface area contributed by atoms with Crippen molar-refractivity contribution in [3.63, 3.8) is 0 Å². The Hall–Kier alpha value is 0.130. The Labute approximate surface area is 151 Å². The van der Waals surface area contributed by atoms with Crippen LogP contribution in [0, 0.1) is 0 Å². The van der Waals surface area contributed by atoms with E-state index >= 15 is 0 Å². The maximum absolute atomic E-state index is 4.94. The Morgan fingerprint density at radius 1 is 1.18 bits per heavy atom. The molecule has 2 fully saturated rings. The first-order valence-electron chi connectivity index (χ1n) is 8.19. The molecule has 1 aromatic rings. The van der Waals surface area contributed by atoms with Crippen LogP contribution in [0.2, 0.25) is 0 Å². The van der Waals surface area contributed by atoms with Crippen LogP contribution >= 0.6 is 36.2 Å². The van der Waals surface area contributed by atoms with Gasteiger partial charge in [0.1, 0.15) is 0 Å². The maximum atomic E-state index is 4.94. The van der Waals surface area contributed by atoms with Crippen LogP contribution in [0.5, 0.6) is 0 Å². The van der Waals surface area contributed by atoms with E-state index in [-0.39, 0.29) is 24.8 Å². The fourth-order valence-corrected chi connectivity index (χ4v) is 4.58. The van der Waals surface area contributed by atoms with Gasteiger partial charge in [0.15, 0.2) is 0 Å². The number of piperidine rings is 1. The topological polar surface area (TPSA) is 28.2 Å². The summed E-state index contributed by atoms with van der Waals surface area (Å²) in [6, 6.07) is 0.667. The SMILES string of the molecule is CNC1CCCN(Cc2csc(C3CCCCC3)n2)C1.Cl.Cl. The zero-order chi connectivity index (χ0) is 13.8. The molecule has 0 aromatic carbocycles. The Kier molecular flexibility index (Phi) is 9.25. The van der Waals surface area contributed by atoms with Gasteiger partial charge in [0.05, 0.1) is 10.7 Å². The Bertz CT molecular complexity index is 421. The first-order valence-corrected chi connectivity index (χ1v) is 9.07. The van der Waals surface area contributed by atoms with Gasteiger partial charge < -0.3 is 5.32 Å². The minimum Gasteiger partial charge on any atom is -0.316 e. The molecular formula is C16H29Cl2N3S. The third kappa shape index (κ3) is 5.34. The van der Waals surface area contributed by atoms with Crippen LogP contribution in [-0.4, -0.2) is 36.1 Å². The fraction of sp³-hybridized carbons (Fsp3) is 0.812. The van der Waals surface area contributed by atoms with Crippen LogP contribution in [0.3, 0.4) is 0 Å². The molecule has 1 aliphatic heterocycles. The molecule has 1 N–H and O–H groups in total.